The van der Waals surface area contributed by atoms with E-state index in [9.17, 15) is 4.79 Å². The Kier molecular flexibility index (Phi) is 2.48. The van der Waals surface area contributed by atoms with Crippen LogP contribution in [0.1, 0.15) is 26.7 Å². The van der Waals surface area contributed by atoms with E-state index < -0.39 is 0 Å². The van der Waals surface area contributed by atoms with E-state index in [1.165, 1.54) is 0 Å². The third-order valence-electron chi connectivity index (χ3n) is 3.84. The molecule has 90 valence electrons. The van der Waals surface area contributed by atoms with Gasteiger partial charge in [-0.15, -0.1) is 0 Å². The molecule has 0 saturated carbocycles. The first-order valence-electron chi connectivity index (χ1n) is 5.79. The molecule has 0 aliphatic carbocycles. The zero-order chi connectivity index (χ0) is 11.9. The lowest BCUT2D eigenvalue weighted by Gasteiger charge is -2.34. The number of nitrogens with two attached hydrogens (primary N) is 1. The maximum Gasteiger partial charge on any atom is 0.292 e. The van der Waals surface area contributed by atoms with E-state index in [4.69, 9.17) is 5.73 Å². The van der Waals surface area contributed by atoms with Gasteiger partial charge in [0, 0.05) is 20.1 Å². The summed E-state index contributed by atoms with van der Waals surface area (Å²) in [5.41, 5.74) is 6.77. The summed E-state index contributed by atoms with van der Waals surface area (Å²) in [5.74, 6) is 0.562. The molecule has 2 heterocycles. The minimum atomic E-state index is -0.00171. The van der Waals surface area contributed by atoms with E-state index in [0.717, 1.165) is 25.9 Å². The Morgan fingerprint density at radius 1 is 1.50 bits per heavy atom. The minimum Gasteiger partial charge on any atom is -0.382 e. The molecule has 0 spiro atoms. The lowest BCUT2D eigenvalue weighted by molar-refractivity contribution is 0.152. The Morgan fingerprint density at radius 2 is 2.19 bits per heavy atom. The fraction of sp³-hybridized carbons (Fsp3) is 0.727. The second-order valence-electron chi connectivity index (χ2n) is 4.91. The Hall–Kier alpha value is -1.39. The molecule has 0 bridgehead atoms. The summed E-state index contributed by atoms with van der Waals surface area (Å²) in [4.78, 5) is 12.0. The molecule has 16 heavy (non-hydrogen) atoms. The summed E-state index contributed by atoms with van der Waals surface area (Å²) in [6.07, 6.45) is 2.14. The molecule has 1 atom stereocenters. The van der Waals surface area contributed by atoms with Crippen LogP contribution >= 0.6 is 0 Å². The van der Waals surface area contributed by atoms with Gasteiger partial charge in [0.05, 0.1) is 0 Å². The monoisotopic (exact) mass is 224 g/mol. The van der Waals surface area contributed by atoms with E-state index in [-0.39, 0.29) is 11.0 Å². The van der Waals surface area contributed by atoms with Crippen LogP contribution in [-0.2, 0) is 13.1 Å². The highest BCUT2D eigenvalue weighted by Gasteiger charge is 2.31. The first-order chi connectivity index (χ1) is 7.52. The maximum atomic E-state index is 12.0. The molecule has 0 aromatic carbocycles. The van der Waals surface area contributed by atoms with E-state index in [2.05, 4.69) is 19.2 Å². The predicted molar refractivity (Wildman–Crippen MR) is 65.7 cm³/mol. The zero-order valence-corrected chi connectivity index (χ0v) is 10.2. The SMILES string of the molecule is CCC1(C)CCn2c(=O)c(NC)c(N)n2C1. The van der Waals surface area contributed by atoms with Crippen LogP contribution in [0, 0.1) is 5.41 Å². The number of aromatic nitrogens is 2. The largest absolute Gasteiger partial charge is 0.382 e. The predicted octanol–water partition coefficient (Wildman–Crippen LogP) is 1.09. The molecule has 0 fully saturated rings. The average Bonchev–Trinajstić information content (AvgIpc) is 2.51. The number of anilines is 2. The van der Waals surface area contributed by atoms with E-state index >= 15 is 0 Å². The first kappa shape index (κ1) is 11.1. The fourth-order valence-electron chi connectivity index (χ4n) is 2.34. The maximum absolute atomic E-state index is 12.0. The first-order valence-corrected chi connectivity index (χ1v) is 5.79. The molecule has 1 aromatic heterocycles. The zero-order valence-electron chi connectivity index (χ0n) is 10.2. The normalized spacial score (nSPS) is 24.2. The van der Waals surface area contributed by atoms with Crippen LogP contribution in [0.4, 0.5) is 11.5 Å². The van der Waals surface area contributed by atoms with E-state index in [0.29, 0.717) is 11.5 Å². The Labute approximate surface area is 95.2 Å². The van der Waals surface area contributed by atoms with Crippen molar-refractivity contribution in [2.24, 2.45) is 5.41 Å². The summed E-state index contributed by atoms with van der Waals surface area (Å²) in [5, 5.41) is 2.89. The van der Waals surface area contributed by atoms with Crippen LogP contribution in [0.3, 0.4) is 0 Å². The summed E-state index contributed by atoms with van der Waals surface area (Å²) < 4.78 is 3.67. The highest BCUT2D eigenvalue weighted by atomic mass is 16.1. The fourth-order valence-corrected chi connectivity index (χ4v) is 2.34. The van der Waals surface area contributed by atoms with Crippen LogP contribution in [-0.4, -0.2) is 16.4 Å². The summed E-state index contributed by atoms with van der Waals surface area (Å²) >= 11 is 0. The van der Waals surface area contributed by atoms with Gasteiger partial charge >= 0.3 is 0 Å². The highest BCUT2D eigenvalue weighted by Crippen LogP contribution is 2.33. The van der Waals surface area contributed by atoms with Crippen molar-refractivity contribution in [1.29, 1.82) is 0 Å². The van der Waals surface area contributed by atoms with Crippen molar-refractivity contribution in [1.82, 2.24) is 9.36 Å². The van der Waals surface area contributed by atoms with Gasteiger partial charge in [0.15, 0.2) is 0 Å². The smallest absolute Gasteiger partial charge is 0.292 e. The molecule has 2 rings (SSSR count). The molecule has 5 nitrogen and oxygen atoms in total. The van der Waals surface area contributed by atoms with E-state index in [1.54, 1.807) is 11.7 Å². The molecule has 5 heteroatoms. The summed E-state index contributed by atoms with van der Waals surface area (Å²) in [7, 11) is 1.73. The lowest BCUT2D eigenvalue weighted by Crippen LogP contribution is -2.37. The van der Waals surface area contributed by atoms with Crippen molar-refractivity contribution >= 4 is 11.5 Å². The van der Waals surface area contributed by atoms with Gasteiger partial charge in [-0.05, 0) is 18.3 Å². The molecule has 0 saturated heterocycles. The van der Waals surface area contributed by atoms with Crippen LogP contribution < -0.4 is 16.6 Å². The van der Waals surface area contributed by atoms with Gasteiger partial charge in [0.2, 0.25) is 0 Å². The van der Waals surface area contributed by atoms with Gasteiger partial charge in [-0.2, -0.15) is 0 Å². The topological polar surface area (TPSA) is 65.0 Å². The number of nitrogens with one attached hydrogen (secondary N) is 1. The Balaban J connectivity index is 2.51. The molecular weight excluding hydrogens is 204 g/mol. The number of nitrogens with zero attached hydrogens (tertiary/aromatic N) is 2. The Bertz CT molecular complexity index is 459. The quantitative estimate of drug-likeness (QED) is 0.790. The van der Waals surface area contributed by atoms with Crippen LogP contribution in [0.25, 0.3) is 0 Å². The minimum absolute atomic E-state index is 0.00171. The van der Waals surface area contributed by atoms with Crippen LogP contribution in [0.2, 0.25) is 0 Å². The molecule has 0 amide bonds. The second-order valence-corrected chi connectivity index (χ2v) is 4.91. The molecule has 3 N–H and O–H groups in total. The van der Waals surface area contributed by atoms with Gasteiger partial charge in [-0.1, -0.05) is 13.8 Å². The number of rotatable bonds is 2. The number of hydrogen-bond donors (Lipinski definition) is 2. The second kappa shape index (κ2) is 3.57. The average molecular weight is 224 g/mol. The molecule has 1 aromatic rings. The third kappa shape index (κ3) is 1.42. The molecular formula is C11H20N4O. The molecule has 1 aliphatic heterocycles. The summed E-state index contributed by atoms with van der Waals surface area (Å²) in [6, 6.07) is 0. The van der Waals surface area contributed by atoms with Crippen molar-refractivity contribution < 1.29 is 0 Å². The van der Waals surface area contributed by atoms with Gasteiger partial charge in [0.25, 0.3) is 5.56 Å². The van der Waals surface area contributed by atoms with Gasteiger partial charge in [-0.3, -0.25) is 9.48 Å². The van der Waals surface area contributed by atoms with Gasteiger partial charge < -0.3 is 11.1 Å². The van der Waals surface area contributed by atoms with Crippen molar-refractivity contribution in [3.63, 3.8) is 0 Å². The lowest BCUT2D eigenvalue weighted by atomic mass is 9.83. The van der Waals surface area contributed by atoms with Gasteiger partial charge in [0.1, 0.15) is 11.5 Å². The third-order valence-corrected chi connectivity index (χ3v) is 3.84. The highest BCUT2D eigenvalue weighted by molar-refractivity contribution is 5.61. The molecule has 1 unspecified atom stereocenters. The number of nitrogen functional groups attached to an aromatic ring is 1. The molecule has 1 aliphatic rings. The van der Waals surface area contributed by atoms with Crippen molar-refractivity contribution in [3.8, 4) is 0 Å². The van der Waals surface area contributed by atoms with Gasteiger partial charge in [-0.25, -0.2) is 4.68 Å². The Morgan fingerprint density at radius 3 is 2.75 bits per heavy atom. The van der Waals surface area contributed by atoms with Crippen molar-refractivity contribution in [3.05, 3.63) is 10.4 Å². The number of fused-ring (bicyclic) bond motifs is 1. The van der Waals surface area contributed by atoms with E-state index in [1.807, 2.05) is 4.68 Å². The van der Waals surface area contributed by atoms with Crippen LogP contribution in [0.5, 0.6) is 0 Å². The standard InChI is InChI=1S/C11H20N4O/c1-4-11(2)5-6-14-10(16)8(13-3)9(12)15(14)7-11/h13H,4-7,12H2,1-3H3. The summed E-state index contributed by atoms with van der Waals surface area (Å²) in [6.45, 7) is 6.02. The number of hydrogen-bond acceptors (Lipinski definition) is 3. The molecule has 0 radical (unpaired) electrons. The van der Waals surface area contributed by atoms with Crippen molar-refractivity contribution in [2.75, 3.05) is 18.1 Å². The van der Waals surface area contributed by atoms with Crippen molar-refractivity contribution in [2.45, 2.75) is 39.8 Å². The van der Waals surface area contributed by atoms with Crippen LogP contribution in [0.15, 0.2) is 4.79 Å².